The van der Waals surface area contributed by atoms with Gasteiger partial charge < -0.3 is 4.90 Å². The molecule has 0 aromatic heterocycles. The summed E-state index contributed by atoms with van der Waals surface area (Å²) in [6, 6.07) is 9.03. The zero-order chi connectivity index (χ0) is 12.6. The standard InChI is InChI=1S/C15H20N2/c1-11-5-12(2)7-14(6-11)17-10-13(9-16)8-15(17,3)4/h5-7,13H,8,10H2,1-4H3. The lowest BCUT2D eigenvalue weighted by Gasteiger charge is -2.34. The summed E-state index contributed by atoms with van der Waals surface area (Å²) >= 11 is 0. The van der Waals surface area contributed by atoms with Gasteiger partial charge in [-0.25, -0.2) is 0 Å². The Morgan fingerprint density at radius 2 is 1.82 bits per heavy atom. The zero-order valence-corrected chi connectivity index (χ0v) is 11.1. The Balaban J connectivity index is 2.37. The molecule has 0 saturated carbocycles. The first-order valence-corrected chi connectivity index (χ1v) is 6.18. The van der Waals surface area contributed by atoms with Crippen LogP contribution in [0.25, 0.3) is 0 Å². The molecular formula is C15H20N2. The van der Waals surface area contributed by atoms with E-state index in [4.69, 9.17) is 5.26 Å². The van der Waals surface area contributed by atoms with E-state index in [-0.39, 0.29) is 11.5 Å². The lowest BCUT2D eigenvalue weighted by atomic mass is 9.97. The Labute approximate surface area is 104 Å². The van der Waals surface area contributed by atoms with Gasteiger partial charge in [-0.15, -0.1) is 0 Å². The third-order valence-electron chi connectivity index (χ3n) is 3.58. The maximum absolute atomic E-state index is 9.10. The van der Waals surface area contributed by atoms with Gasteiger partial charge in [-0.2, -0.15) is 5.26 Å². The number of aryl methyl sites for hydroxylation is 2. The second-order valence-corrected chi connectivity index (χ2v) is 5.80. The highest BCUT2D eigenvalue weighted by Crippen LogP contribution is 2.37. The van der Waals surface area contributed by atoms with Crippen LogP contribution in [0.2, 0.25) is 0 Å². The molecule has 0 N–H and O–H groups in total. The molecule has 1 aliphatic heterocycles. The van der Waals surface area contributed by atoms with E-state index in [1.807, 2.05) is 0 Å². The maximum atomic E-state index is 9.10. The van der Waals surface area contributed by atoms with Crippen LogP contribution in [0.3, 0.4) is 0 Å². The quantitative estimate of drug-likeness (QED) is 0.736. The van der Waals surface area contributed by atoms with E-state index in [9.17, 15) is 0 Å². The van der Waals surface area contributed by atoms with E-state index >= 15 is 0 Å². The van der Waals surface area contributed by atoms with Gasteiger partial charge in [-0.3, -0.25) is 0 Å². The fourth-order valence-electron chi connectivity index (χ4n) is 2.89. The van der Waals surface area contributed by atoms with E-state index in [1.54, 1.807) is 0 Å². The number of benzene rings is 1. The summed E-state index contributed by atoms with van der Waals surface area (Å²) in [5.74, 6) is 0.158. The van der Waals surface area contributed by atoms with Gasteiger partial charge in [-0.1, -0.05) is 6.07 Å². The van der Waals surface area contributed by atoms with Crippen LogP contribution in [0, 0.1) is 31.1 Å². The molecular weight excluding hydrogens is 208 g/mol. The minimum Gasteiger partial charge on any atom is -0.365 e. The Morgan fingerprint density at radius 3 is 2.29 bits per heavy atom. The second kappa shape index (κ2) is 4.07. The number of hydrogen-bond donors (Lipinski definition) is 0. The zero-order valence-electron chi connectivity index (χ0n) is 11.1. The first kappa shape index (κ1) is 12.0. The molecule has 1 heterocycles. The fourth-order valence-corrected chi connectivity index (χ4v) is 2.89. The van der Waals surface area contributed by atoms with Crippen LogP contribution in [0.4, 0.5) is 5.69 Å². The number of anilines is 1. The molecule has 0 bridgehead atoms. The largest absolute Gasteiger partial charge is 0.365 e. The number of nitriles is 1. The molecule has 1 fully saturated rings. The Morgan fingerprint density at radius 1 is 1.24 bits per heavy atom. The molecule has 0 amide bonds. The van der Waals surface area contributed by atoms with Crippen molar-refractivity contribution in [2.45, 2.75) is 39.7 Å². The SMILES string of the molecule is Cc1cc(C)cc(N2CC(C#N)CC2(C)C)c1. The molecule has 1 aromatic carbocycles. The van der Waals surface area contributed by atoms with Gasteiger partial charge in [0.25, 0.3) is 0 Å². The van der Waals surface area contributed by atoms with Crippen molar-refractivity contribution in [3.8, 4) is 6.07 Å². The summed E-state index contributed by atoms with van der Waals surface area (Å²) in [6.45, 7) is 9.55. The lowest BCUT2D eigenvalue weighted by molar-refractivity contribution is 0.503. The molecule has 1 saturated heterocycles. The Hall–Kier alpha value is -1.49. The Kier molecular flexibility index (Phi) is 2.87. The predicted octanol–water partition coefficient (Wildman–Crippen LogP) is 3.43. The number of rotatable bonds is 1. The molecule has 90 valence electrons. The number of hydrogen-bond acceptors (Lipinski definition) is 2. The van der Waals surface area contributed by atoms with Crippen molar-refractivity contribution in [1.82, 2.24) is 0 Å². The van der Waals surface area contributed by atoms with Crippen LogP contribution >= 0.6 is 0 Å². The van der Waals surface area contributed by atoms with Crippen molar-refractivity contribution in [1.29, 1.82) is 5.26 Å². The molecule has 0 spiro atoms. The highest BCUT2D eigenvalue weighted by atomic mass is 15.2. The van der Waals surface area contributed by atoms with Gasteiger partial charge in [0.1, 0.15) is 0 Å². The van der Waals surface area contributed by atoms with Crippen molar-refractivity contribution in [2.24, 2.45) is 5.92 Å². The summed E-state index contributed by atoms with van der Waals surface area (Å²) in [5.41, 5.74) is 3.92. The molecule has 1 aliphatic rings. The van der Waals surface area contributed by atoms with Gasteiger partial charge in [-0.05, 0) is 57.4 Å². The van der Waals surface area contributed by atoms with Crippen molar-refractivity contribution in [2.75, 3.05) is 11.4 Å². The van der Waals surface area contributed by atoms with E-state index in [1.165, 1.54) is 16.8 Å². The third-order valence-corrected chi connectivity index (χ3v) is 3.58. The van der Waals surface area contributed by atoms with Crippen LogP contribution < -0.4 is 4.90 Å². The normalized spacial score (nSPS) is 22.5. The van der Waals surface area contributed by atoms with Gasteiger partial charge in [0.2, 0.25) is 0 Å². The Bertz CT molecular complexity index is 448. The van der Waals surface area contributed by atoms with Crippen LogP contribution in [0.1, 0.15) is 31.4 Å². The molecule has 2 nitrogen and oxygen atoms in total. The van der Waals surface area contributed by atoms with E-state index in [0.717, 1.165) is 13.0 Å². The first-order chi connectivity index (χ1) is 7.92. The van der Waals surface area contributed by atoms with Gasteiger partial charge in [0, 0.05) is 17.8 Å². The van der Waals surface area contributed by atoms with Crippen LogP contribution in [0.15, 0.2) is 18.2 Å². The topological polar surface area (TPSA) is 27.0 Å². The van der Waals surface area contributed by atoms with Gasteiger partial charge in [0.15, 0.2) is 0 Å². The lowest BCUT2D eigenvalue weighted by Crippen LogP contribution is -2.38. The smallest absolute Gasteiger partial charge is 0.0675 e. The summed E-state index contributed by atoms with van der Waals surface area (Å²) in [7, 11) is 0. The first-order valence-electron chi connectivity index (χ1n) is 6.18. The predicted molar refractivity (Wildman–Crippen MR) is 71.1 cm³/mol. The highest BCUT2D eigenvalue weighted by Gasteiger charge is 2.38. The highest BCUT2D eigenvalue weighted by molar-refractivity contribution is 5.54. The molecule has 17 heavy (non-hydrogen) atoms. The molecule has 0 radical (unpaired) electrons. The third kappa shape index (κ3) is 2.29. The monoisotopic (exact) mass is 228 g/mol. The van der Waals surface area contributed by atoms with Crippen LogP contribution in [-0.2, 0) is 0 Å². The minimum absolute atomic E-state index is 0.0840. The molecule has 1 atom stereocenters. The minimum atomic E-state index is 0.0840. The average Bonchev–Trinajstić information content (AvgIpc) is 2.52. The van der Waals surface area contributed by atoms with Crippen molar-refractivity contribution in [3.63, 3.8) is 0 Å². The van der Waals surface area contributed by atoms with Crippen molar-refractivity contribution in [3.05, 3.63) is 29.3 Å². The van der Waals surface area contributed by atoms with Crippen LogP contribution in [-0.4, -0.2) is 12.1 Å². The summed E-state index contributed by atoms with van der Waals surface area (Å²) in [6.07, 6.45) is 0.955. The van der Waals surface area contributed by atoms with E-state index < -0.39 is 0 Å². The fraction of sp³-hybridized carbons (Fsp3) is 0.533. The average molecular weight is 228 g/mol. The molecule has 1 aromatic rings. The molecule has 1 unspecified atom stereocenters. The maximum Gasteiger partial charge on any atom is 0.0675 e. The molecule has 2 heteroatoms. The van der Waals surface area contributed by atoms with Gasteiger partial charge >= 0.3 is 0 Å². The van der Waals surface area contributed by atoms with Gasteiger partial charge in [0.05, 0.1) is 12.0 Å². The number of nitrogens with zero attached hydrogens (tertiary/aromatic N) is 2. The summed E-state index contributed by atoms with van der Waals surface area (Å²) < 4.78 is 0. The molecule has 2 rings (SSSR count). The summed E-state index contributed by atoms with van der Waals surface area (Å²) in [5, 5.41) is 9.10. The second-order valence-electron chi connectivity index (χ2n) is 5.80. The van der Waals surface area contributed by atoms with E-state index in [2.05, 4.69) is 56.9 Å². The van der Waals surface area contributed by atoms with Crippen molar-refractivity contribution < 1.29 is 0 Å². The molecule has 0 aliphatic carbocycles. The van der Waals surface area contributed by atoms with Crippen molar-refractivity contribution >= 4 is 5.69 Å². The van der Waals surface area contributed by atoms with Crippen LogP contribution in [0.5, 0.6) is 0 Å². The summed E-state index contributed by atoms with van der Waals surface area (Å²) in [4.78, 5) is 2.38. The van der Waals surface area contributed by atoms with E-state index in [0.29, 0.717) is 0 Å².